The predicted molar refractivity (Wildman–Crippen MR) is 72.3 cm³/mol. The third-order valence-corrected chi connectivity index (χ3v) is 5.52. The number of sulfonamides is 1. The largest absolute Gasteiger partial charge is 0.391 e. The minimum atomic E-state index is -3.46. The van der Waals surface area contributed by atoms with Crippen molar-refractivity contribution in [2.45, 2.75) is 23.8 Å². The highest BCUT2D eigenvalue weighted by molar-refractivity contribution is 7.91. The molecular weight excluding hydrogens is 286 g/mol. The number of aryl methyl sites for hydroxylation is 1. The smallest absolute Gasteiger partial charge is 0.250 e. The molecule has 6 nitrogen and oxygen atoms in total. The maximum Gasteiger partial charge on any atom is 0.250 e. The van der Waals surface area contributed by atoms with E-state index in [4.69, 9.17) is 5.11 Å². The summed E-state index contributed by atoms with van der Waals surface area (Å²) in [6.07, 6.45) is 5.91. The molecule has 0 saturated heterocycles. The summed E-state index contributed by atoms with van der Waals surface area (Å²) < 4.78 is 28.5. The number of hydrogen-bond donors (Lipinski definition) is 2. The van der Waals surface area contributed by atoms with Crippen molar-refractivity contribution in [1.82, 2.24) is 14.3 Å². The molecule has 19 heavy (non-hydrogen) atoms. The second kappa shape index (κ2) is 6.29. The van der Waals surface area contributed by atoms with Crippen LogP contribution in [0.15, 0.2) is 35.1 Å². The normalized spacial score (nSPS) is 11.8. The summed E-state index contributed by atoms with van der Waals surface area (Å²) in [6.45, 7) is 0.947. The minimum absolute atomic E-state index is 0.138. The van der Waals surface area contributed by atoms with Crippen molar-refractivity contribution in [2.24, 2.45) is 0 Å². The summed E-state index contributed by atoms with van der Waals surface area (Å²) in [5, 5.41) is 8.92. The molecule has 0 amide bonds. The molecule has 0 saturated carbocycles. The highest BCUT2D eigenvalue weighted by Gasteiger charge is 2.15. The Morgan fingerprint density at radius 2 is 2.26 bits per heavy atom. The van der Waals surface area contributed by atoms with E-state index in [0.717, 1.165) is 17.9 Å². The quantitative estimate of drug-likeness (QED) is 0.741. The number of rotatable bonds is 7. The summed E-state index contributed by atoms with van der Waals surface area (Å²) in [6, 6.07) is 3.12. The summed E-state index contributed by atoms with van der Waals surface area (Å²) >= 11 is 1.08. The van der Waals surface area contributed by atoms with Gasteiger partial charge in [-0.15, -0.1) is 11.3 Å². The van der Waals surface area contributed by atoms with E-state index in [2.05, 4.69) is 9.71 Å². The van der Waals surface area contributed by atoms with E-state index in [9.17, 15) is 8.42 Å². The van der Waals surface area contributed by atoms with Gasteiger partial charge in [-0.1, -0.05) is 0 Å². The fraction of sp³-hybridized carbons (Fsp3) is 0.364. The van der Waals surface area contributed by atoms with Crippen LogP contribution in [0.2, 0.25) is 0 Å². The summed E-state index contributed by atoms with van der Waals surface area (Å²) in [5.41, 5.74) is 0. The van der Waals surface area contributed by atoms with Crippen molar-refractivity contribution < 1.29 is 13.5 Å². The second-order valence-corrected chi connectivity index (χ2v) is 7.09. The van der Waals surface area contributed by atoms with Gasteiger partial charge in [-0.2, -0.15) is 0 Å². The number of imidazole rings is 1. The Morgan fingerprint density at radius 1 is 1.42 bits per heavy atom. The Bertz CT molecular complexity index is 605. The third-order valence-electron chi connectivity index (χ3n) is 2.50. The van der Waals surface area contributed by atoms with Gasteiger partial charge >= 0.3 is 0 Å². The van der Waals surface area contributed by atoms with Gasteiger partial charge in [-0.3, -0.25) is 0 Å². The van der Waals surface area contributed by atoms with Gasteiger partial charge in [0.15, 0.2) is 0 Å². The Kier molecular flexibility index (Phi) is 4.70. The van der Waals surface area contributed by atoms with Gasteiger partial charge in [-0.25, -0.2) is 18.1 Å². The molecule has 2 heterocycles. The first kappa shape index (κ1) is 14.2. The molecule has 0 aliphatic heterocycles. The van der Waals surface area contributed by atoms with E-state index >= 15 is 0 Å². The molecule has 2 rings (SSSR count). The monoisotopic (exact) mass is 301 g/mol. The predicted octanol–water partition coefficient (Wildman–Crippen LogP) is 0.805. The first-order valence-electron chi connectivity index (χ1n) is 5.77. The van der Waals surface area contributed by atoms with Crippen molar-refractivity contribution in [3.8, 4) is 0 Å². The van der Waals surface area contributed by atoms with E-state index in [1.54, 1.807) is 18.6 Å². The van der Waals surface area contributed by atoms with E-state index < -0.39 is 10.0 Å². The Hall–Kier alpha value is -1.22. The Labute approximate surface area is 115 Å². The second-order valence-electron chi connectivity index (χ2n) is 3.93. The number of hydrogen-bond acceptors (Lipinski definition) is 5. The lowest BCUT2D eigenvalue weighted by atomic mass is 10.4. The van der Waals surface area contributed by atoms with E-state index in [-0.39, 0.29) is 10.8 Å². The van der Waals surface area contributed by atoms with Crippen LogP contribution in [0, 0.1) is 0 Å². The van der Waals surface area contributed by atoms with Crippen molar-refractivity contribution in [3.63, 3.8) is 0 Å². The average molecular weight is 301 g/mol. The van der Waals surface area contributed by atoms with E-state index in [1.165, 1.54) is 6.07 Å². The number of aliphatic hydroxyl groups excluding tert-OH is 1. The van der Waals surface area contributed by atoms with Crippen LogP contribution in [0.4, 0.5) is 0 Å². The van der Waals surface area contributed by atoms with Crippen LogP contribution in [-0.2, 0) is 23.2 Å². The lowest BCUT2D eigenvalue weighted by Gasteiger charge is -2.05. The van der Waals surface area contributed by atoms with Crippen molar-refractivity contribution in [1.29, 1.82) is 0 Å². The average Bonchev–Trinajstić information content (AvgIpc) is 3.05. The first-order valence-corrected chi connectivity index (χ1v) is 8.07. The number of aromatic nitrogens is 2. The van der Waals surface area contributed by atoms with E-state index in [1.807, 2.05) is 10.8 Å². The topological polar surface area (TPSA) is 84.2 Å². The zero-order valence-electron chi connectivity index (χ0n) is 10.2. The van der Waals surface area contributed by atoms with Gasteiger partial charge in [0, 0.05) is 30.4 Å². The molecule has 0 aliphatic carbocycles. The van der Waals surface area contributed by atoms with Crippen LogP contribution < -0.4 is 4.72 Å². The molecule has 0 aliphatic rings. The van der Waals surface area contributed by atoms with Crippen molar-refractivity contribution >= 4 is 21.4 Å². The maximum absolute atomic E-state index is 11.9. The number of aliphatic hydroxyl groups is 1. The van der Waals surface area contributed by atoms with Gasteiger partial charge in [0.2, 0.25) is 10.0 Å². The van der Waals surface area contributed by atoms with E-state index in [0.29, 0.717) is 17.8 Å². The van der Waals surface area contributed by atoms with Crippen LogP contribution >= 0.6 is 11.3 Å². The maximum atomic E-state index is 11.9. The van der Waals surface area contributed by atoms with Crippen LogP contribution in [-0.4, -0.2) is 29.6 Å². The molecule has 0 unspecified atom stereocenters. The van der Waals surface area contributed by atoms with Gasteiger partial charge in [0.05, 0.1) is 12.9 Å². The molecule has 104 valence electrons. The van der Waals surface area contributed by atoms with Crippen LogP contribution in [0.3, 0.4) is 0 Å². The highest BCUT2D eigenvalue weighted by atomic mass is 32.2. The fourth-order valence-corrected chi connectivity index (χ4v) is 3.88. The molecule has 2 aromatic heterocycles. The van der Waals surface area contributed by atoms with Crippen LogP contribution in [0.1, 0.15) is 11.3 Å². The van der Waals surface area contributed by atoms with Crippen molar-refractivity contribution in [3.05, 3.63) is 35.7 Å². The number of thiophene rings is 1. The molecule has 8 heteroatoms. The molecule has 0 atom stereocenters. The Balaban J connectivity index is 1.84. The van der Waals surface area contributed by atoms with Gasteiger partial charge in [0.25, 0.3) is 0 Å². The van der Waals surface area contributed by atoms with Crippen LogP contribution in [0.5, 0.6) is 0 Å². The zero-order chi connectivity index (χ0) is 13.7. The molecule has 0 aromatic carbocycles. The summed E-state index contributed by atoms with van der Waals surface area (Å²) in [5.74, 6) is 0. The molecule has 0 bridgehead atoms. The van der Waals surface area contributed by atoms with Crippen LogP contribution in [0.25, 0.3) is 0 Å². The summed E-state index contributed by atoms with van der Waals surface area (Å²) in [4.78, 5) is 4.55. The van der Waals surface area contributed by atoms with Gasteiger partial charge < -0.3 is 9.67 Å². The number of nitrogens with zero attached hydrogens (tertiary/aromatic N) is 2. The molecule has 2 N–H and O–H groups in total. The van der Waals surface area contributed by atoms with Crippen molar-refractivity contribution in [2.75, 3.05) is 6.54 Å². The fourth-order valence-electron chi connectivity index (χ4n) is 1.55. The molecule has 0 spiro atoms. The molecule has 2 aromatic rings. The SMILES string of the molecule is O=S(=O)(NCCCn1ccnc1)c1ccc(CO)s1. The minimum Gasteiger partial charge on any atom is -0.391 e. The third kappa shape index (κ3) is 3.87. The lowest BCUT2D eigenvalue weighted by Crippen LogP contribution is -2.24. The standard InChI is InChI=1S/C11H15N3O3S2/c15-8-10-2-3-11(18-10)19(16,17)13-4-1-6-14-7-5-12-9-14/h2-3,5,7,9,13,15H,1,4,6,8H2. The number of nitrogens with one attached hydrogen (secondary N) is 1. The van der Waals surface area contributed by atoms with Gasteiger partial charge in [0.1, 0.15) is 4.21 Å². The van der Waals surface area contributed by atoms with Gasteiger partial charge in [-0.05, 0) is 18.6 Å². The molecular formula is C11H15N3O3S2. The lowest BCUT2D eigenvalue weighted by molar-refractivity contribution is 0.285. The highest BCUT2D eigenvalue weighted by Crippen LogP contribution is 2.21. The molecule has 0 radical (unpaired) electrons. The molecule has 0 fully saturated rings. The zero-order valence-corrected chi connectivity index (χ0v) is 11.8. The summed E-state index contributed by atoms with van der Waals surface area (Å²) in [7, 11) is -3.46. The first-order chi connectivity index (χ1) is 9.12. The Morgan fingerprint density at radius 3 is 2.89 bits per heavy atom.